The van der Waals surface area contributed by atoms with Crippen molar-refractivity contribution in [1.82, 2.24) is 28.9 Å². The van der Waals surface area contributed by atoms with Gasteiger partial charge in [0.1, 0.15) is 11.6 Å². The highest BCUT2D eigenvalue weighted by Crippen LogP contribution is 2.34. The second-order valence-corrected chi connectivity index (χ2v) is 9.25. The second-order valence-electron chi connectivity index (χ2n) is 7.39. The average Bonchev–Trinajstić information content (AvgIpc) is 3.38. The minimum Gasteiger partial charge on any atom is -0.312 e. The third kappa shape index (κ3) is 2.60. The molecule has 3 heterocycles. The lowest BCUT2D eigenvalue weighted by molar-refractivity contribution is 0.327. The molecule has 0 saturated heterocycles. The molecule has 2 aliphatic rings. The zero-order valence-corrected chi connectivity index (χ0v) is 16.1. The number of sulfonamides is 1. The van der Waals surface area contributed by atoms with Gasteiger partial charge in [-0.3, -0.25) is 4.68 Å². The minimum atomic E-state index is -3.68. The number of fused-ring (bicyclic) bond motifs is 2. The number of benzene rings is 1. The summed E-state index contributed by atoms with van der Waals surface area (Å²) in [4.78, 5) is 0. The SMILES string of the molecule is Cn1nc2ccccc2c1S(=O)(=O)N1CCn2c(nnc2C2CCCC2)C1. The summed E-state index contributed by atoms with van der Waals surface area (Å²) in [5, 5.41) is 14.0. The number of hydrogen-bond donors (Lipinski definition) is 0. The first kappa shape index (κ1) is 16.9. The summed E-state index contributed by atoms with van der Waals surface area (Å²) in [6.45, 7) is 1.28. The third-order valence-corrected chi connectivity index (χ3v) is 7.70. The smallest absolute Gasteiger partial charge is 0.261 e. The maximum atomic E-state index is 13.4. The van der Waals surface area contributed by atoms with Crippen LogP contribution in [0.3, 0.4) is 0 Å². The van der Waals surface area contributed by atoms with Crippen LogP contribution in [0.25, 0.3) is 10.9 Å². The van der Waals surface area contributed by atoms with Gasteiger partial charge in [0.05, 0.1) is 12.1 Å². The fraction of sp³-hybridized carbons (Fsp3) is 0.500. The predicted octanol–water partition coefficient (Wildman–Crippen LogP) is 2.03. The van der Waals surface area contributed by atoms with Gasteiger partial charge in [-0.05, 0) is 25.0 Å². The fourth-order valence-electron chi connectivity index (χ4n) is 4.40. The van der Waals surface area contributed by atoms with Crippen LogP contribution in [0.5, 0.6) is 0 Å². The quantitative estimate of drug-likeness (QED) is 0.687. The van der Waals surface area contributed by atoms with E-state index in [1.807, 2.05) is 18.2 Å². The van der Waals surface area contributed by atoms with Crippen LogP contribution in [0.2, 0.25) is 0 Å². The monoisotopic (exact) mass is 386 g/mol. The molecule has 0 N–H and O–H groups in total. The van der Waals surface area contributed by atoms with Crippen molar-refractivity contribution in [3.8, 4) is 0 Å². The van der Waals surface area contributed by atoms with Crippen LogP contribution >= 0.6 is 0 Å². The molecule has 1 aromatic carbocycles. The second kappa shape index (κ2) is 6.13. The molecule has 2 aromatic heterocycles. The Kier molecular flexibility index (Phi) is 3.83. The van der Waals surface area contributed by atoms with Crippen LogP contribution in [-0.2, 0) is 30.2 Å². The molecule has 3 aromatic rings. The van der Waals surface area contributed by atoms with E-state index in [4.69, 9.17) is 0 Å². The third-order valence-electron chi connectivity index (χ3n) is 5.74. The van der Waals surface area contributed by atoms with E-state index in [9.17, 15) is 8.42 Å². The number of rotatable bonds is 3. The van der Waals surface area contributed by atoms with Gasteiger partial charge in [0.15, 0.2) is 5.03 Å². The number of aromatic nitrogens is 5. The Morgan fingerprint density at radius 1 is 1.07 bits per heavy atom. The summed E-state index contributed by atoms with van der Waals surface area (Å²) in [6.07, 6.45) is 4.78. The molecular formula is C18H22N6O2S. The topological polar surface area (TPSA) is 85.9 Å². The Bertz CT molecular complexity index is 1110. The first-order valence-corrected chi connectivity index (χ1v) is 10.8. The fourth-order valence-corrected chi connectivity index (χ4v) is 6.08. The van der Waals surface area contributed by atoms with Crippen LogP contribution in [0.4, 0.5) is 0 Å². The Hall–Kier alpha value is -2.26. The molecule has 1 aliphatic carbocycles. The molecule has 27 heavy (non-hydrogen) atoms. The normalized spacial score (nSPS) is 19.0. The van der Waals surface area contributed by atoms with Gasteiger partial charge in [0.2, 0.25) is 0 Å². The highest BCUT2D eigenvalue weighted by atomic mass is 32.2. The largest absolute Gasteiger partial charge is 0.312 e. The molecule has 0 bridgehead atoms. The summed E-state index contributed by atoms with van der Waals surface area (Å²) in [5.74, 6) is 2.24. The van der Waals surface area contributed by atoms with Crippen LogP contribution in [-0.4, -0.2) is 43.8 Å². The number of nitrogens with zero attached hydrogens (tertiary/aromatic N) is 6. The van der Waals surface area contributed by atoms with Crippen molar-refractivity contribution in [3.63, 3.8) is 0 Å². The molecule has 1 saturated carbocycles. The van der Waals surface area contributed by atoms with Gasteiger partial charge in [0, 0.05) is 31.4 Å². The molecular weight excluding hydrogens is 364 g/mol. The minimum absolute atomic E-state index is 0.238. The van der Waals surface area contributed by atoms with Crippen molar-refractivity contribution in [2.24, 2.45) is 7.05 Å². The molecule has 9 heteroatoms. The van der Waals surface area contributed by atoms with E-state index in [2.05, 4.69) is 19.9 Å². The Balaban J connectivity index is 1.50. The molecule has 8 nitrogen and oxygen atoms in total. The lowest BCUT2D eigenvalue weighted by Crippen LogP contribution is -2.39. The van der Waals surface area contributed by atoms with E-state index in [0.717, 1.165) is 24.5 Å². The highest BCUT2D eigenvalue weighted by Gasteiger charge is 2.35. The summed E-state index contributed by atoms with van der Waals surface area (Å²) in [5.41, 5.74) is 0.683. The molecule has 142 valence electrons. The van der Waals surface area contributed by atoms with Crippen molar-refractivity contribution in [3.05, 3.63) is 35.9 Å². The molecule has 0 atom stereocenters. The number of hydrogen-bond acceptors (Lipinski definition) is 5. The van der Waals surface area contributed by atoms with Gasteiger partial charge in [0.25, 0.3) is 10.0 Å². The van der Waals surface area contributed by atoms with Crippen LogP contribution in [0.1, 0.15) is 43.3 Å². The molecule has 0 amide bonds. The average molecular weight is 386 g/mol. The lowest BCUT2D eigenvalue weighted by Gasteiger charge is -2.27. The van der Waals surface area contributed by atoms with E-state index in [1.165, 1.54) is 21.8 Å². The van der Waals surface area contributed by atoms with Gasteiger partial charge < -0.3 is 4.57 Å². The maximum Gasteiger partial charge on any atom is 0.261 e. The standard InChI is InChI=1S/C18H22N6O2S/c1-22-18(14-8-4-5-9-15(14)21-22)27(25,26)23-10-11-24-16(12-23)19-20-17(24)13-6-2-3-7-13/h4-5,8-9,13H,2-3,6-7,10-12H2,1H3. The maximum absolute atomic E-state index is 13.4. The summed E-state index contributed by atoms with van der Waals surface area (Å²) >= 11 is 0. The van der Waals surface area contributed by atoms with E-state index < -0.39 is 10.0 Å². The zero-order chi connectivity index (χ0) is 18.6. The highest BCUT2D eigenvalue weighted by molar-refractivity contribution is 7.89. The van der Waals surface area contributed by atoms with E-state index in [1.54, 1.807) is 13.1 Å². The van der Waals surface area contributed by atoms with Crippen LogP contribution in [0, 0.1) is 0 Å². The Morgan fingerprint density at radius 2 is 1.85 bits per heavy atom. The van der Waals surface area contributed by atoms with Crippen molar-refractivity contribution < 1.29 is 8.42 Å². The van der Waals surface area contributed by atoms with Gasteiger partial charge in [-0.15, -0.1) is 10.2 Å². The van der Waals surface area contributed by atoms with Crippen LogP contribution < -0.4 is 0 Å². The molecule has 1 aliphatic heterocycles. The number of aryl methyl sites for hydroxylation is 1. The van der Waals surface area contributed by atoms with Gasteiger partial charge in [-0.25, -0.2) is 8.42 Å². The van der Waals surface area contributed by atoms with Gasteiger partial charge in [-0.1, -0.05) is 25.0 Å². The Morgan fingerprint density at radius 3 is 2.67 bits per heavy atom. The summed E-state index contributed by atoms with van der Waals surface area (Å²) in [6, 6.07) is 7.33. The van der Waals surface area contributed by atoms with Gasteiger partial charge >= 0.3 is 0 Å². The van der Waals surface area contributed by atoms with Crippen LogP contribution in [0.15, 0.2) is 29.3 Å². The summed E-state index contributed by atoms with van der Waals surface area (Å²) in [7, 11) is -2.00. The van der Waals surface area contributed by atoms with Gasteiger partial charge in [-0.2, -0.15) is 9.40 Å². The molecule has 5 rings (SSSR count). The van der Waals surface area contributed by atoms with E-state index in [0.29, 0.717) is 29.9 Å². The first-order chi connectivity index (χ1) is 13.1. The molecule has 1 fully saturated rings. The lowest BCUT2D eigenvalue weighted by atomic mass is 10.1. The Labute approximate surface area is 157 Å². The van der Waals surface area contributed by atoms with Crippen molar-refractivity contribution >= 4 is 20.9 Å². The first-order valence-electron chi connectivity index (χ1n) is 9.39. The van der Waals surface area contributed by atoms with Crippen molar-refractivity contribution in [1.29, 1.82) is 0 Å². The van der Waals surface area contributed by atoms with Crippen molar-refractivity contribution in [2.75, 3.05) is 6.54 Å². The zero-order valence-electron chi connectivity index (χ0n) is 15.2. The van der Waals surface area contributed by atoms with E-state index >= 15 is 0 Å². The van der Waals surface area contributed by atoms with E-state index in [-0.39, 0.29) is 11.6 Å². The molecule has 0 unspecified atom stereocenters. The summed E-state index contributed by atoms with van der Waals surface area (Å²) < 4.78 is 31.8. The molecule has 0 spiro atoms. The molecule has 0 radical (unpaired) electrons. The predicted molar refractivity (Wildman–Crippen MR) is 99.5 cm³/mol. The van der Waals surface area contributed by atoms with Crippen molar-refractivity contribution in [2.45, 2.75) is 49.7 Å².